The summed E-state index contributed by atoms with van der Waals surface area (Å²) in [4.78, 5) is 0. The minimum Gasteiger partial charge on any atom is -0.497 e. The van der Waals surface area contributed by atoms with Gasteiger partial charge in [-0.25, -0.2) is 0 Å². The summed E-state index contributed by atoms with van der Waals surface area (Å²) < 4.78 is 5.22. The molecule has 0 heterocycles. The first-order valence-electron chi connectivity index (χ1n) is 6.56. The third-order valence-electron chi connectivity index (χ3n) is 3.45. The van der Waals surface area contributed by atoms with Gasteiger partial charge in [0.2, 0.25) is 0 Å². The van der Waals surface area contributed by atoms with E-state index in [4.69, 9.17) is 10.5 Å². The van der Waals surface area contributed by atoms with Crippen LogP contribution in [-0.2, 0) is 6.42 Å². The van der Waals surface area contributed by atoms with Crippen LogP contribution in [0.15, 0.2) is 42.5 Å². The second-order valence-corrected chi connectivity index (χ2v) is 5.02. The van der Waals surface area contributed by atoms with E-state index >= 15 is 0 Å². The van der Waals surface area contributed by atoms with Gasteiger partial charge >= 0.3 is 0 Å². The molecule has 100 valence electrons. The van der Waals surface area contributed by atoms with E-state index in [9.17, 15) is 0 Å². The number of aryl methyl sites for hydroxylation is 2. The van der Waals surface area contributed by atoms with Crippen LogP contribution in [0.25, 0.3) is 0 Å². The highest BCUT2D eigenvalue weighted by Gasteiger charge is 2.10. The van der Waals surface area contributed by atoms with Crippen molar-refractivity contribution >= 4 is 0 Å². The van der Waals surface area contributed by atoms with E-state index in [1.807, 2.05) is 12.1 Å². The quantitative estimate of drug-likeness (QED) is 0.906. The Labute approximate surface area is 115 Å². The lowest BCUT2D eigenvalue weighted by molar-refractivity contribution is 0.414. The van der Waals surface area contributed by atoms with E-state index in [-0.39, 0.29) is 6.04 Å². The van der Waals surface area contributed by atoms with Crippen LogP contribution in [0.5, 0.6) is 5.75 Å². The van der Waals surface area contributed by atoms with Gasteiger partial charge in [0.15, 0.2) is 0 Å². The van der Waals surface area contributed by atoms with Crippen molar-refractivity contribution in [3.05, 3.63) is 64.7 Å². The van der Waals surface area contributed by atoms with Crippen molar-refractivity contribution in [2.24, 2.45) is 5.73 Å². The van der Waals surface area contributed by atoms with Crippen LogP contribution in [0, 0.1) is 13.8 Å². The summed E-state index contributed by atoms with van der Waals surface area (Å²) in [5.41, 5.74) is 11.2. The molecule has 0 saturated carbocycles. The molecule has 2 N–H and O–H groups in total. The van der Waals surface area contributed by atoms with Crippen molar-refractivity contribution in [3.63, 3.8) is 0 Å². The second-order valence-electron chi connectivity index (χ2n) is 5.02. The molecule has 2 aromatic carbocycles. The lowest BCUT2D eigenvalue weighted by atomic mass is 9.95. The van der Waals surface area contributed by atoms with E-state index in [0.29, 0.717) is 0 Å². The van der Waals surface area contributed by atoms with Gasteiger partial charge in [0.1, 0.15) is 5.75 Å². The van der Waals surface area contributed by atoms with Crippen LogP contribution in [0.2, 0.25) is 0 Å². The number of rotatable bonds is 4. The van der Waals surface area contributed by atoms with Crippen molar-refractivity contribution in [1.29, 1.82) is 0 Å². The fourth-order valence-electron chi connectivity index (χ4n) is 2.28. The molecule has 2 nitrogen and oxygen atoms in total. The molecule has 0 spiro atoms. The molecule has 0 saturated heterocycles. The summed E-state index contributed by atoms with van der Waals surface area (Å²) >= 11 is 0. The van der Waals surface area contributed by atoms with Crippen LogP contribution < -0.4 is 10.5 Å². The lowest BCUT2D eigenvalue weighted by Crippen LogP contribution is -2.14. The molecule has 0 amide bonds. The number of nitrogens with two attached hydrogens (primary N) is 1. The van der Waals surface area contributed by atoms with Crippen molar-refractivity contribution < 1.29 is 4.74 Å². The summed E-state index contributed by atoms with van der Waals surface area (Å²) in [6, 6.07) is 14.6. The SMILES string of the molecule is COc1ccc(C(N)Cc2ccc(C)cc2)c(C)c1. The molecule has 0 aliphatic carbocycles. The molecule has 1 atom stereocenters. The molecule has 0 fully saturated rings. The third kappa shape index (κ3) is 3.36. The molecule has 2 aromatic rings. The van der Waals surface area contributed by atoms with E-state index in [0.717, 1.165) is 12.2 Å². The molecule has 0 aliphatic heterocycles. The molecular weight excluding hydrogens is 234 g/mol. The Morgan fingerprint density at radius 1 is 1.05 bits per heavy atom. The molecule has 19 heavy (non-hydrogen) atoms. The third-order valence-corrected chi connectivity index (χ3v) is 3.45. The summed E-state index contributed by atoms with van der Waals surface area (Å²) in [5, 5.41) is 0. The summed E-state index contributed by atoms with van der Waals surface area (Å²) in [5.74, 6) is 0.879. The van der Waals surface area contributed by atoms with Gasteiger partial charge in [0, 0.05) is 6.04 Å². The van der Waals surface area contributed by atoms with Gasteiger partial charge in [-0.2, -0.15) is 0 Å². The largest absolute Gasteiger partial charge is 0.497 e. The smallest absolute Gasteiger partial charge is 0.119 e. The van der Waals surface area contributed by atoms with Crippen LogP contribution >= 0.6 is 0 Å². The molecular formula is C17H21NO. The van der Waals surface area contributed by atoms with Crippen molar-refractivity contribution in [2.75, 3.05) is 7.11 Å². The fraction of sp³-hybridized carbons (Fsp3) is 0.294. The van der Waals surface area contributed by atoms with Crippen molar-refractivity contribution in [1.82, 2.24) is 0 Å². The number of hydrogen-bond acceptors (Lipinski definition) is 2. The molecule has 0 aliphatic rings. The number of methoxy groups -OCH3 is 1. The lowest BCUT2D eigenvalue weighted by Gasteiger charge is -2.16. The number of hydrogen-bond donors (Lipinski definition) is 1. The normalized spacial score (nSPS) is 12.2. The topological polar surface area (TPSA) is 35.2 Å². The van der Waals surface area contributed by atoms with Crippen LogP contribution in [0.3, 0.4) is 0 Å². The molecule has 2 heteroatoms. The van der Waals surface area contributed by atoms with E-state index in [1.54, 1.807) is 7.11 Å². The fourth-order valence-corrected chi connectivity index (χ4v) is 2.28. The average molecular weight is 255 g/mol. The predicted octanol–water partition coefficient (Wildman–Crippen LogP) is 3.55. The zero-order chi connectivity index (χ0) is 13.8. The van der Waals surface area contributed by atoms with Gasteiger partial charge in [-0.05, 0) is 49.1 Å². The highest BCUT2D eigenvalue weighted by atomic mass is 16.5. The second kappa shape index (κ2) is 5.89. The maximum absolute atomic E-state index is 6.32. The maximum Gasteiger partial charge on any atom is 0.119 e. The van der Waals surface area contributed by atoms with Gasteiger partial charge in [0.05, 0.1) is 7.11 Å². The first kappa shape index (κ1) is 13.6. The minimum absolute atomic E-state index is 0.0219. The first-order valence-corrected chi connectivity index (χ1v) is 6.56. The molecule has 2 rings (SSSR count). The Kier molecular flexibility index (Phi) is 4.23. The predicted molar refractivity (Wildman–Crippen MR) is 79.5 cm³/mol. The van der Waals surface area contributed by atoms with Gasteiger partial charge < -0.3 is 10.5 Å². The zero-order valence-corrected chi connectivity index (χ0v) is 11.8. The van der Waals surface area contributed by atoms with Gasteiger partial charge in [-0.3, -0.25) is 0 Å². The van der Waals surface area contributed by atoms with E-state index < -0.39 is 0 Å². The Morgan fingerprint density at radius 2 is 1.74 bits per heavy atom. The van der Waals surface area contributed by atoms with Crippen LogP contribution in [0.1, 0.15) is 28.3 Å². The van der Waals surface area contributed by atoms with Gasteiger partial charge in [0.25, 0.3) is 0 Å². The number of benzene rings is 2. The standard InChI is InChI=1S/C17H21NO/c1-12-4-6-14(7-5-12)11-17(18)16-9-8-15(19-3)10-13(16)2/h4-10,17H,11,18H2,1-3H3. The Hall–Kier alpha value is -1.80. The average Bonchev–Trinajstić information content (AvgIpc) is 2.41. The highest BCUT2D eigenvalue weighted by Crippen LogP contribution is 2.23. The van der Waals surface area contributed by atoms with Crippen LogP contribution in [0.4, 0.5) is 0 Å². The minimum atomic E-state index is 0.0219. The number of ether oxygens (including phenoxy) is 1. The zero-order valence-electron chi connectivity index (χ0n) is 11.8. The Bertz CT molecular complexity index is 546. The highest BCUT2D eigenvalue weighted by molar-refractivity contribution is 5.37. The Morgan fingerprint density at radius 3 is 2.32 bits per heavy atom. The van der Waals surface area contributed by atoms with Gasteiger partial charge in [-0.1, -0.05) is 35.9 Å². The van der Waals surface area contributed by atoms with E-state index in [2.05, 4.69) is 44.2 Å². The monoisotopic (exact) mass is 255 g/mol. The summed E-state index contributed by atoms with van der Waals surface area (Å²) in [6.45, 7) is 4.17. The molecule has 0 aromatic heterocycles. The summed E-state index contributed by atoms with van der Waals surface area (Å²) in [7, 11) is 1.68. The molecule has 0 bridgehead atoms. The summed E-state index contributed by atoms with van der Waals surface area (Å²) in [6.07, 6.45) is 0.855. The Balaban J connectivity index is 2.15. The van der Waals surface area contributed by atoms with E-state index in [1.165, 1.54) is 22.3 Å². The van der Waals surface area contributed by atoms with Gasteiger partial charge in [-0.15, -0.1) is 0 Å². The van der Waals surface area contributed by atoms with Crippen LogP contribution in [-0.4, -0.2) is 7.11 Å². The molecule has 1 unspecified atom stereocenters. The molecule has 0 radical (unpaired) electrons. The van der Waals surface area contributed by atoms with Crippen molar-refractivity contribution in [3.8, 4) is 5.75 Å². The first-order chi connectivity index (χ1) is 9.10. The maximum atomic E-state index is 6.32. The van der Waals surface area contributed by atoms with Crippen molar-refractivity contribution in [2.45, 2.75) is 26.3 Å².